The lowest BCUT2D eigenvalue weighted by molar-refractivity contribution is 0.602. The molecule has 0 amide bonds. The summed E-state index contributed by atoms with van der Waals surface area (Å²) < 4.78 is 8.15. The van der Waals surface area contributed by atoms with Crippen molar-refractivity contribution in [3.05, 3.63) is 51.4 Å². The van der Waals surface area contributed by atoms with Crippen LogP contribution >= 0.6 is 0 Å². The van der Waals surface area contributed by atoms with Crippen LogP contribution in [0.4, 0.5) is 0 Å². The second-order valence-corrected chi connectivity index (χ2v) is 6.85. The van der Waals surface area contributed by atoms with Crippen LogP contribution in [0, 0.1) is 13.8 Å². The molecule has 0 aliphatic heterocycles. The number of nitrogens with two attached hydrogens (primary N) is 1. The Morgan fingerprint density at radius 3 is 2.75 bits per heavy atom. The maximum atomic E-state index is 12.9. The van der Waals surface area contributed by atoms with Gasteiger partial charge in [-0.05, 0) is 45.2 Å². The molecule has 0 radical (unpaired) electrons. The largest absolute Gasteiger partial charge is 0.455 e. The van der Waals surface area contributed by atoms with Crippen LogP contribution < -0.4 is 11.2 Å². The highest BCUT2D eigenvalue weighted by molar-refractivity contribution is 5.84. The van der Waals surface area contributed by atoms with E-state index in [-0.39, 0.29) is 11.5 Å². The molecule has 124 valence electrons. The normalized spacial score (nSPS) is 15.8. The standard InChI is InChI=1S/C19H21N3O2/c1-10-6-15(12(3)20)19-16(7-10)17(23)11(2)18(24-19)13-8-21-22(9-13)14-4-5-14/h6-9,12,14H,4-5,20H2,1-3H3. The predicted molar refractivity (Wildman–Crippen MR) is 94.1 cm³/mol. The van der Waals surface area contributed by atoms with E-state index < -0.39 is 0 Å². The van der Waals surface area contributed by atoms with Gasteiger partial charge in [-0.15, -0.1) is 0 Å². The quantitative estimate of drug-likeness (QED) is 0.799. The second kappa shape index (κ2) is 5.31. The molecule has 5 nitrogen and oxygen atoms in total. The summed E-state index contributed by atoms with van der Waals surface area (Å²) in [5.41, 5.74) is 10.0. The van der Waals surface area contributed by atoms with Crippen molar-refractivity contribution in [1.82, 2.24) is 9.78 Å². The molecule has 5 heteroatoms. The Labute approximate surface area is 140 Å². The first kappa shape index (κ1) is 15.1. The van der Waals surface area contributed by atoms with Gasteiger partial charge in [0, 0.05) is 23.4 Å². The van der Waals surface area contributed by atoms with Gasteiger partial charge in [0.1, 0.15) is 11.3 Å². The number of hydrogen-bond acceptors (Lipinski definition) is 4. The van der Waals surface area contributed by atoms with Gasteiger partial charge in [0.25, 0.3) is 0 Å². The van der Waals surface area contributed by atoms with Gasteiger partial charge in [-0.2, -0.15) is 5.10 Å². The van der Waals surface area contributed by atoms with Crippen LogP contribution in [0.5, 0.6) is 0 Å². The number of aromatic nitrogens is 2. The molecule has 0 spiro atoms. The van der Waals surface area contributed by atoms with Crippen LogP contribution in [0.15, 0.2) is 33.7 Å². The Kier molecular flexibility index (Phi) is 3.35. The molecule has 4 rings (SSSR count). The number of hydrogen-bond donors (Lipinski definition) is 1. The summed E-state index contributed by atoms with van der Waals surface area (Å²) in [6.45, 7) is 5.68. The maximum absolute atomic E-state index is 12.9. The Balaban J connectivity index is 1.98. The van der Waals surface area contributed by atoms with Crippen molar-refractivity contribution in [2.45, 2.75) is 45.7 Å². The van der Waals surface area contributed by atoms with E-state index in [9.17, 15) is 4.79 Å². The summed E-state index contributed by atoms with van der Waals surface area (Å²) in [4.78, 5) is 12.9. The van der Waals surface area contributed by atoms with Crippen molar-refractivity contribution < 1.29 is 4.42 Å². The lowest BCUT2D eigenvalue weighted by Crippen LogP contribution is -2.12. The number of aryl methyl sites for hydroxylation is 1. The number of benzene rings is 1. The third-order valence-electron chi connectivity index (χ3n) is 4.67. The van der Waals surface area contributed by atoms with Crippen LogP contribution in [0.25, 0.3) is 22.3 Å². The molecule has 24 heavy (non-hydrogen) atoms. The molecule has 1 fully saturated rings. The van der Waals surface area contributed by atoms with Gasteiger partial charge < -0.3 is 10.2 Å². The zero-order chi connectivity index (χ0) is 17.0. The van der Waals surface area contributed by atoms with E-state index in [1.165, 1.54) is 0 Å². The molecule has 1 aliphatic carbocycles. The fourth-order valence-corrected chi connectivity index (χ4v) is 3.18. The minimum atomic E-state index is -0.208. The lowest BCUT2D eigenvalue weighted by atomic mass is 10.00. The summed E-state index contributed by atoms with van der Waals surface area (Å²) in [5, 5.41) is 5.00. The van der Waals surface area contributed by atoms with E-state index in [1.54, 1.807) is 6.20 Å². The highest BCUT2D eigenvalue weighted by Gasteiger charge is 2.25. The topological polar surface area (TPSA) is 74.0 Å². The van der Waals surface area contributed by atoms with E-state index in [1.807, 2.05) is 43.8 Å². The summed E-state index contributed by atoms with van der Waals surface area (Å²) in [6.07, 6.45) is 6.06. The SMILES string of the molecule is Cc1cc(C(C)N)c2oc(-c3cnn(C4CC4)c3)c(C)c(=O)c2c1. The van der Waals surface area contributed by atoms with E-state index in [4.69, 9.17) is 10.2 Å². The molecule has 1 aromatic carbocycles. The van der Waals surface area contributed by atoms with Gasteiger partial charge in [-0.1, -0.05) is 6.07 Å². The first-order valence-corrected chi connectivity index (χ1v) is 8.33. The summed E-state index contributed by atoms with van der Waals surface area (Å²) in [6, 6.07) is 4.15. The van der Waals surface area contributed by atoms with E-state index >= 15 is 0 Å². The second-order valence-electron chi connectivity index (χ2n) is 6.85. The highest BCUT2D eigenvalue weighted by atomic mass is 16.3. The molecule has 2 aromatic heterocycles. The number of fused-ring (bicyclic) bond motifs is 1. The zero-order valence-electron chi connectivity index (χ0n) is 14.2. The molecular weight excluding hydrogens is 302 g/mol. The smallest absolute Gasteiger partial charge is 0.196 e. The van der Waals surface area contributed by atoms with Gasteiger partial charge in [0.15, 0.2) is 5.43 Å². The van der Waals surface area contributed by atoms with Gasteiger partial charge in [0.05, 0.1) is 23.2 Å². The van der Waals surface area contributed by atoms with E-state index in [2.05, 4.69) is 5.10 Å². The molecule has 0 bridgehead atoms. The van der Waals surface area contributed by atoms with Crippen molar-refractivity contribution in [2.75, 3.05) is 0 Å². The minimum Gasteiger partial charge on any atom is -0.455 e. The van der Waals surface area contributed by atoms with Gasteiger partial charge in [-0.25, -0.2) is 0 Å². The van der Waals surface area contributed by atoms with Gasteiger partial charge in [-0.3, -0.25) is 9.48 Å². The van der Waals surface area contributed by atoms with Crippen molar-refractivity contribution >= 4 is 11.0 Å². The molecule has 1 atom stereocenters. The Bertz CT molecular complexity index is 994. The molecule has 1 aliphatic rings. The van der Waals surface area contributed by atoms with Crippen molar-refractivity contribution in [3.63, 3.8) is 0 Å². The first-order chi connectivity index (χ1) is 11.5. The number of nitrogens with zero attached hydrogens (tertiary/aromatic N) is 2. The van der Waals surface area contributed by atoms with Crippen molar-refractivity contribution in [3.8, 4) is 11.3 Å². The van der Waals surface area contributed by atoms with Crippen LogP contribution in [-0.4, -0.2) is 9.78 Å². The van der Waals surface area contributed by atoms with Crippen LogP contribution in [0.2, 0.25) is 0 Å². The molecule has 1 saturated carbocycles. The molecule has 3 aromatic rings. The van der Waals surface area contributed by atoms with E-state index in [0.29, 0.717) is 28.3 Å². The highest BCUT2D eigenvalue weighted by Crippen LogP contribution is 2.36. The Morgan fingerprint density at radius 1 is 1.33 bits per heavy atom. The summed E-state index contributed by atoms with van der Waals surface area (Å²) >= 11 is 0. The molecule has 2 heterocycles. The fourth-order valence-electron chi connectivity index (χ4n) is 3.18. The van der Waals surface area contributed by atoms with Crippen LogP contribution in [0.3, 0.4) is 0 Å². The average molecular weight is 323 g/mol. The van der Waals surface area contributed by atoms with Crippen molar-refractivity contribution in [1.29, 1.82) is 0 Å². The number of rotatable bonds is 3. The fraction of sp³-hybridized carbons (Fsp3) is 0.368. The molecule has 2 N–H and O–H groups in total. The average Bonchev–Trinajstić information content (AvgIpc) is 3.28. The van der Waals surface area contributed by atoms with Gasteiger partial charge in [0.2, 0.25) is 0 Å². The monoisotopic (exact) mass is 323 g/mol. The van der Waals surface area contributed by atoms with Crippen LogP contribution in [-0.2, 0) is 0 Å². The maximum Gasteiger partial charge on any atom is 0.196 e. The van der Waals surface area contributed by atoms with Crippen molar-refractivity contribution in [2.24, 2.45) is 5.73 Å². The summed E-state index contributed by atoms with van der Waals surface area (Å²) in [5.74, 6) is 0.588. The Morgan fingerprint density at radius 2 is 2.08 bits per heavy atom. The first-order valence-electron chi connectivity index (χ1n) is 8.33. The molecular formula is C19H21N3O2. The van der Waals surface area contributed by atoms with E-state index in [0.717, 1.165) is 29.5 Å². The third kappa shape index (κ3) is 2.36. The van der Waals surface area contributed by atoms with Crippen LogP contribution in [0.1, 0.15) is 48.5 Å². The lowest BCUT2D eigenvalue weighted by Gasteiger charge is -2.13. The predicted octanol–water partition coefficient (Wildman–Crippen LogP) is 3.63. The van der Waals surface area contributed by atoms with Gasteiger partial charge >= 0.3 is 0 Å². The Hall–Kier alpha value is -2.40. The minimum absolute atomic E-state index is 0.00368. The third-order valence-corrected chi connectivity index (χ3v) is 4.67. The molecule has 0 saturated heterocycles. The molecule has 1 unspecified atom stereocenters. The zero-order valence-corrected chi connectivity index (χ0v) is 14.2. The summed E-state index contributed by atoms with van der Waals surface area (Å²) in [7, 11) is 0.